The van der Waals surface area contributed by atoms with Crippen molar-refractivity contribution in [3.63, 3.8) is 0 Å². The lowest BCUT2D eigenvalue weighted by Gasteiger charge is -2.60. The minimum atomic E-state index is -1.99. The Balaban J connectivity index is 2.52. The van der Waals surface area contributed by atoms with Gasteiger partial charge >= 0.3 is 8.72 Å². The number of nitrogens with zero attached hydrogens (tertiary/aromatic N) is 5. The summed E-state index contributed by atoms with van der Waals surface area (Å²) in [4.78, 5) is 2.62. The van der Waals surface area contributed by atoms with Gasteiger partial charge in [-0.25, -0.2) is 0 Å². The Bertz CT molecular complexity index is 305. The van der Waals surface area contributed by atoms with E-state index in [4.69, 9.17) is 0 Å². The van der Waals surface area contributed by atoms with E-state index in [-0.39, 0.29) is 0 Å². The summed E-state index contributed by atoms with van der Waals surface area (Å²) < 4.78 is 10.9. The SMILES string of the molecule is CC(C)N(C(C)C)[Si]12N(C)CCN(CCN1C)CCN2C. The van der Waals surface area contributed by atoms with Crippen molar-refractivity contribution in [2.24, 2.45) is 0 Å². The molecule has 0 saturated carbocycles. The first-order valence-electron chi connectivity index (χ1n) is 8.46. The topological polar surface area (TPSA) is 16.2 Å². The molecule has 0 atom stereocenters. The molecule has 0 aromatic rings. The van der Waals surface area contributed by atoms with Crippen LogP contribution in [0, 0.1) is 0 Å². The van der Waals surface area contributed by atoms with Gasteiger partial charge in [-0.2, -0.15) is 0 Å². The van der Waals surface area contributed by atoms with E-state index in [1.165, 1.54) is 39.3 Å². The van der Waals surface area contributed by atoms with Crippen LogP contribution in [0.2, 0.25) is 0 Å². The fourth-order valence-electron chi connectivity index (χ4n) is 4.41. The molecule has 0 aromatic heterocycles. The second kappa shape index (κ2) is 6.64. The van der Waals surface area contributed by atoms with E-state index in [2.05, 4.69) is 72.0 Å². The van der Waals surface area contributed by atoms with Gasteiger partial charge in [-0.1, -0.05) is 27.7 Å². The number of likely N-dealkylation sites (N-methyl/N-ethyl adjacent to an activating group) is 3. The van der Waals surface area contributed by atoms with Crippen molar-refractivity contribution >= 4 is 8.72 Å². The van der Waals surface area contributed by atoms with Gasteiger partial charge in [-0.05, 0) is 21.1 Å². The largest absolute Gasteiger partial charge is 0.376 e. The number of hydrogen-bond donors (Lipinski definition) is 0. The zero-order chi connectivity index (χ0) is 15.8. The van der Waals surface area contributed by atoms with Gasteiger partial charge in [0.2, 0.25) is 0 Å². The summed E-state index contributed by atoms with van der Waals surface area (Å²) in [6.07, 6.45) is 0. The van der Waals surface area contributed by atoms with Crippen LogP contribution >= 0.6 is 0 Å². The zero-order valence-electron chi connectivity index (χ0n) is 15.1. The lowest BCUT2D eigenvalue weighted by molar-refractivity contribution is 0.0980. The maximum absolute atomic E-state index is 2.81. The smallest absolute Gasteiger partial charge is 0.300 e. The molecule has 0 spiro atoms. The number of hydrogen-bond acceptors (Lipinski definition) is 5. The Labute approximate surface area is 132 Å². The molecular weight excluding hydrogens is 278 g/mol. The fourth-order valence-corrected chi connectivity index (χ4v) is 9.93. The average molecular weight is 314 g/mol. The second-order valence-corrected chi connectivity index (χ2v) is 11.3. The first kappa shape index (κ1) is 17.4. The molecule has 3 fully saturated rings. The van der Waals surface area contributed by atoms with Crippen LogP contribution in [0.4, 0.5) is 0 Å². The van der Waals surface area contributed by atoms with Gasteiger partial charge in [0.15, 0.2) is 0 Å². The highest BCUT2D eigenvalue weighted by Crippen LogP contribution is 2.28. The van der Waals surface area contributed by atoms with E-state index in [0.29, 0.717) is 12.1 Å². The molecule has 0 aromatic carbocycles. The normalized spacial score (nSPS) is 33.7. The van der Waals surface area contributed by atoms with E-state index in [1.807, 2.05) is 0 Å². The highest BCUT2D eigenvalue weighted by atomic mass is 28.4. The summed E-state index contributed by atoms with van der Waals surface area (Å²) in [5, 5.41) is 0. The Morgan fingerprint density at radius 1 is 0.667 bits per heavy atom. The predicted octanol–water partition coefficient (Wildman–Crippen LogP) is 0.665. The van der Waals surface area contributed by atoms with Crippen LogP contribution in [-0.4, -0.2) is 104 Å². The van der Waals surface area contributed by atoms with Gasteiger partial charge in [-0.15, -0.1) is 0 Å². The molecule has 0 N–H and O–H groups in total. The average Bonchev–Trinajstić information content (AvgIpc) is 2.38. The molecular formula is C15H35N5Si. The summed E-state index contributed by atoms with van der Waals surface area (Å²) in [5.74, 6) is 0. The molecule has 3 heterocycles. The highest BCUT2D eigenvalue weighted by Gasteiger charge is 2.55. The molecule has 2 bridgehead atoms. The third-order valence-corrected chi connectivity index (χ3v) is 10.7. The maximum Gasteiger partial charge on any atom is 0.376 e. The molecule has 0 amide bonds. The quantitative estimate of drug-likeness (QED) is 0.710. The lowest BCUT2D eigenvalue weighted by atomic mass is 10.3. The molecule has 0 unspecified atom stereocenters. The molecule has 21 heavy (non-hydrogen) atoms. The molecule has 3 aliphatic rings. The van der Waals surface area contributed by atoms with E-state index >= 15 is 0 Å². The predicted molar refractivity (Wildman–Crippen MR) is 92.2 cm³/mol. The summed E-state index contributed by atoms with van der Waals surface area (Å²) in [7, 11) is 5.07. The van der Waals surface area contributed by atoms with E-state index in [0.717, 1.165) is 0 Å². The molecule has 124 valence electrons. The Morgan fingerprint density at radius 2 is 1.00 bits per heavy atom. The van der Waals surface area contributed by atoms with Gasteiger partial charge in [0, 0.05) is 51.4 Å². The highest BCUT2D eigenvalue weighted by molar-refractivity contribution is 6.69. The minimum Gasteiger partial charge on any atom is -0.300 e. The van der Waals surface area contributed by atoms with Crippen LogP contribution in [0.3, 0.4) is 0 Å². The van der Waals surface area contributed by atoms with Crippen molar-refractivity contribution in [2.75, 3.05) is 60.4 Å². The van der Waals surface area contributed by atoms with Crippen molar-refractivity contribution in [3.05, 3.63) is 0 Å². The van der Waals surface area contributed by atoms with Gasteiger partial charge < -0.3 is 0 Å². The van der Waals surface area contributed by atoms with Crippen molar-refractivity contribution in [1.82, 2.24) is 23.2 Å². The summed E-state index contributed by atoms with van der Waals surface area (Å²) in [5.41, 5.74) is 0. The number of fused-ring (bicyclic) bond motifs is 6. The Kier molecular flexibility index (Phi) is 5.49. The zero-order valence-corrected chi connectivity index (χ0v) is 16.1. The van der Waals surface area contributed by atoms with E-state index in [9.17, 15) is 0 Å². The first-order chi connectivity index (χ1) is 9.81. The maximum atomic E-state index is 2.81. The van der Waals surface area contributed by atoms with Crippen molar-refractivity contribution in [2.45, 2.75) is 39.8 Å². The van der Waals surface area contributed by atoms with Crippen LogP contribution in [0.5, 0.6) is 0 Å². The van der Waals surface area contributed by atoms with Crippen molar-refractivity contribution in [3.8, 4) is 0 Å². The van der Waals surface area contributed by atoms with Crippen LogP contribution < -0.4 is 0 Å². The lowest BCUT2D eigenvalue weighted by Crippen LogP contribution is -2.85. The second-order valence-electron chi connectivity index (χ2n) is 7.30. The van der Waals surface area contributed by atoms with Gasteiger partial charge in [0.05, 0.1) is 0 Å². The third-order valence-electron chi connectivity index (χ3n) is 5.25. The molecule has 0 radical (unpaired) electrons. The molecule has 5 nitrogen and oxygen atoms in total. The van der Waals surface area contributed by atoms with Crippen molar-refractivity contribution < 1.29 is 0 Å². The van der Waals surface area contributed by atoms with Crippen molar-refractivity contribution in [1.29, 1.82) is 0 Å². The monoisotopic (exact) mass is 313 g/mol. The minimum absolute atomic E-state index is 0.568. The third kappa shape index (κ3) is 2.94. The van der Waals surface area contributed by atoms with Crippen LogP contribution in [0.15, 0.2) is 0 Å². The summed E-state index contributed by atoms with van der Waals surface area (Å²) >= 11 is 0. The first-order valence-corrected chi connectivity index (χ1v) is 10.2. The molecule has 3 aliphatic heterocycles. The standard InChI is InChI=1S/C15H35N5Si/c1-14(2)20(15(3)4)21-16(5)8-11-19(12-9-17(21)6)13-10-18(21)7/h14-15H,8-13H2,1-7H3. The van der Waals surface area contributed by atoms with E-state index < -0.39 is 8.72 Å². The summed E-state index contributed by atoms with van der Waals surface area (Å²) in [6, 6.07) is 1.14. The van der Waals surface area contributed by atoms with Crippen LogP contribution in [0.25, 0.3) is 0 Å². The fraction of sp³-hybridized carbons (Fsp3) is 1.00. The molecule has 0 aliphatic carbocycles. The van der Waals surface area contributed by atoms with E-state index in [1.54, 1.807) is 0 Å². The van der Waals surface area contributed by atoms with Crippen LogP contribution in [0.1, 0.15) is 27.7 Å². The van der Waals surface area contributed by atoms with Gasteiger partial charge in [0.1, 0.15) is 0 Å². The molecule has 6 heteroatoms. The Morgan fingerprint density at radius 3 is 1.29 bits per heavy atom. The number of rotatable bonds is 3. The van der Waals surface area contributed by atoms with Gasteiger partial charge in [-0.3, -0.25) is 23.2 Å². The molecule has 3 rings (SSSR count). The Hall–Kier alpha value is 0.0169. The van der Waals surface area contributed by atoms with Crippen LogP contribution in [-0.2, 0) is 0 Å². The van der Waals surface area contributed by atoms with Gasteiger partial charge in [0.25, 0.3) is 0 Å². The molecule has 3 saturated heterocycles. The summed E-state index contributed by atoms with van der Waals surface area (Å²) in [6.45, 7) is 16.6.